The van der Waals surface area contributed by atoms with E-state index in [0.29, 0.717) is 25.7 Å². The number of carbonyl (C=O) groups is 2. The quantitative estimate of drug-likeness (QED) is 0.718. The van der Waals surface area contributed by atoms with Crippen LogP contribution in [-0.2, 0) is 14.3 Å². The van der Waals surface area contributed by atoms with Crippen LogP contribution in [0, 0.1) is 0 Å². The first kappa shape index (κ1) is 16.2. The Morgan fingerprint density at radius 1 is 1.42 bits per heavy atom. The first-order chi connectivity index (χ1) is 8.65. The van der Waals surface area contributed by atoms with Crippen molar-refractivity contribution in [1.29, 1.82) is 0 Å². The summed E-state index contributed by atoms with van der Waals surface area (Å²) in [6.07, 6.45) is 2.51. The number of nitrogens with zero attached hydrogens (tertiary/aromatic N) is 1. The molecule has 2 fully saturated rings. The van der Waals surface area contributed by atoms with E-state index in [9.17, 15) is 9.59 Å². The zero-order chi connectivity index (χ0) is 13.0. The lowest BCUT2D eigenvalue weighted by molar-refractivity contribution is -0.135. The van der Waals surface area contributed by atoms with E-state index >= 15 is 0 Å². The van der Waals surface area contributed by atoms with Crippen molar-refractivity contribution in [1.82, 2.24) is 15.5 Å². The van der Waals surface area contributed by atoms with Gasteiger partial charge in [0.15, 0.2) is 0 Å². The fourth-order valence-electron chi connectivity index (χ4n) is 1.92. The molecule has 2 amide bonds. The second-order valence-corrected chi connectivity index (χ2v) is 5.02. The third-order valence-electron chi connectivity index (χ3n) is 3.17. The number of rotatable bonds is 5. The number of carbonyl (C=O) groups excluding carboxylic acids is 2. The van der Waals surface area contributed by atoms with E-state index in [-0.39, 0.29) is 36.8 Å². The fourth-order valence-corrected chi connectivity index (χ4v) is 1.92. The topological polar surface area (TPSA) is 70.7 Å². The van der Waals surface area contributed by atoms with Crippen LogP contribution >= 0.6 is 12.4 Å². The van der Waals surface area contributed by atoms with Gasteiger partial charge in [-0.3, -0.25) is 9.59 Å². The largest absolute Gasteiger partial charge is 0.378 e. The van der Waals surface area contributed by atoms with Crippen molar-refractivity contribution in [2.24, 2.45) is 0 Å². The summed E-state index contributed by atoms with van der Waals surface area (Å²) in [5.41, 5.74) is 0. The van der Waals surface area contributed by atoms with Gasteiger partial charge in [0.05, 0.1) is 19.8 Å². The minimum absolute atomic E-state index is 0. The van der Waals surface area contributed by atoms with Gasteiger partial charge in [-0.25, -0.2) is 0 Å². The van der Waals surface area contributed by atoms with Gasteiger partial charge >= 0.3 is 0 Å². The van der Waals surface area contributed by atoms with Crippen LogP contribution in [0.4, 0.5) is 0 Å². The third kappa shape index (κ3) is 5.76. The molecule has 1 heterocycles. The number of ether oxygens (including phenoxy) is 1. The molecule has 0 spiro atoms. The average Bonchev–Trinajstić information content (AvgIpc) is 3.14. The van der Waals surface area contributed by atoms with Gasteiger partial charge in [0.1, 0.15) is 0 Å². The summed E-state index contributed by atoms with van der Waals surface area (Å²) in [5, 5.41) is 6.10. The van der Waals surface area contributed by atoms with Gasteiger partial charge in [-0.1, -0.05) is 0 Å². The molecule has 19 heavy (non-hydrogen) atoms. The van der Waals surface area contributed by atoms with Crippen LogP contribution in [-0.4, -0.2) is 62.1 Å². The van der Waals surface area contributed by atoms with Crippen molar-refractivity contribution in [2.75, 3.05) is 33.4 Å². The lowest BCUT2D eigenvalue weighted by atomic mass is 10.2. The highest BCUT2D eigenvalue weighted by Gasteiger charge is 2.25. The van der Waals surface area contributed by atoms with Gasteiger partial charge < -0.3 is 20.3 Å². The van der Waals surface area contributed by atoms with Crippen molar-refractivity contribution in [2.45, 2.75) is 31.3 Å². The molecule has 0 aromatic rings. The van der Waals surface area contributed by atoms with Crippen LogP contribution in [0.1, 0.15) is 19.3 Å². The number of nitrogens with one attached hydrogen (secondary N) is 2. The predicted molar refractivity (Wildman–Crippen MR) is 73.3 cm³/mol. The molecule has 1 unspecified atom stereocenters. The molecule has 1 saturated heterocycles. The molecule has 0 radical (unpaired) electrons. The summed E-state index contributed by atoms with van der Waals surface area (Å²) in [6, 6.07) is 0.412. The standard InChI is InChI=1S/C12H21N3O3.ClH/c1-15(7-11(16)14-9-2-3-9)12(17)6-10-8-18-5-4-13-10;/h9-10,13H,2-8H2,1H3,(H,14,16);1H. The third-order valence-corrected chi connectivity index (χ3v) is 3.17. The Kier molecular flexibility index (Phi) is 6.54. The minimum atomic E-state index is -0.0683. The van der Waals surface area contributed by atoms with E-state index in [1.807, 2.05) is 0 Å². The number of hydrogen-bond donors (Lipinski definition) is 2. The lowest BCUT2D eigenvalue weighted by Crippen LogP contribution is -2.46. The number of hydrogen-bond acceptors (Lipinski definition) is 4. The number of morpholine rings is 1. The van der Waals surface area contributed by atoms with Crippen LogP contribution in [0.15, 0.2) is 0 Å². The summed E-state index contributed by atoms with van der Waals surface area (Å²) < 4.78 is 5.29. The first-order valence-electron chi connectivity index (χ1n) is 6.49. The van der Waals surface area contributed by atoms with Crippen LogP contribution in [0.2, 0.25) is 0 Å². The van der Waals surface area contributed by atoms with Gasteiger partial charge in [0.25, 0.3) is 0 Å². The van der Waals surface area contributed by atoms with E-state index in [4.69, 9.17) is 4.74 Å². The van der Waals surface area contributed by atoms with Crippen molar-refractivity contribution >= 4 is 24.2 Å². The van der Waals surface area contributed by atoms with Gasteiger partial charge in [0, 0.05) is 32.1 Å². The van der Waals surface area contributed by atoms with Crippen LogP contribution in [0.5, 0.6) is 0 Å². The van der Waals surface area contributed by atoms with Crippen molar-refractivity contribution in [3.63, 3.8) is 0 Å². The normalized spacial score (nSPS) is 22.3. The first-order valence-corrected chi connectivity index (χ1v) is 6.49. The van der Waals surface area contributed by atoms with Crippen molar-refractivity contribution in [3.05, 3.63) is 0 Å². The van der Waals surface area contributed by atoms with E-state index in [2.05, 4.69) is 10.6 Å². The molecule has 1 saturated carbocycles. The minimum Gasteiger partial charge on any atom is -0.378 e. The monoisotopic (exact) mass is 291 g/mol. The molecule has 2 aliphatic rings. The van der Waals surface area contributed by atoms with Crippen molar-refractivity contribution < 1.29 is 14.3 Å². The highest BCUT2D eigenvalue weighted by molar-refractivity contribution is 5.85. The second-order valence-electron chi connectivity index (χ2n) is 5.02. The highest BCUT2D eigenvalue weighted by atomic mass is 35.5. The molecular formula is C12H22ClN3O3. The van der Waals surface area contributed by atoms with Crippen molar-refractivity contribution in [3.8, 4) is 0 Å². The molecule has 1 aliphatic carbocycles. The van der Waals surface area contributed by atoms with Gasteiger partial charge in [0.2, 0.25) is 11.8 Å². The Balaban J connectivity index is 0.00000180. The second kappa shape index (κ2) is 7.67. The zero-order valence-electron chi connectivity index (χ0n) is 11.2. The summed E-state index contributed by atoms with van der Waals surface area (Å²) in [5.74, 6) is -0.0925. The molecule has 1 aliphatic heterocycles. The predicted octanol–water partition coefficient (Wildman–Crippen LogP) is -0.476. The molecule has 7 heteroatoms. The molecule has 0 aromatic heterocycles. The maximum Gasteiger partial charge on any atom is 0.239 e. The van der Waals surface area contributed by atoms with E-state index in [1.165, 1.54) is 4.90 Å². The molecule has 0 aromatic carbocycles. The Morgan fingerprint density at radius 3 is 2.74 bits per heavy atom. The highest BCUT2D eigenvalue weighted by Crippen LogP contribution is 2.18. The number of halogens is 1. The lowest BCUT2D eigenvalue weighted by Gasteiger charge is -2.25. The molecule has 2 rings (SSSR count). The maximum absolute atomic E-state index is 11.9. The number of amides is 2. The summed E-state index contributed by atoms with van der Waals surface area (Å²) in [4.78, 5) is 24.9. The van der Waals surface area contributed by atoms with Gasteiger partial charge in [-0.15, -0.1) is 12.4 Å². The van der Waals surface area contributed by atoms with Gasteiger partial charge in [-0.05, 0) is 12.8 Å². The molecule has 6 nitrogen and oxygen atoms in total. The Hall–Kier alpha value is -0.850. The molecular weight excluding hydrogens is 270 g/mol. The SMILES string of the molecule is CN(CC(=O)NC1CC1)C(=O)CC1COCCN1.Cl. The Morgan fingerprint density at radius 2 is 2.16 bits per heavy atom. The van der Waals surface area contributed by atoms with E-state index in [0.717, 1.165) is 19.4 Å². The maximum atomic E-state index is 11.9. The Bertz CT molecular complexity index is 317. The Labute approximate surface area is 119 Å². The van der Waals surface area contributed by atoms with Gasteiger partial charge in [-0.2, -0.15) is 0 Å². The van der Waals surface area contributed by atoms with Crippen LogP contribution in [0.3, 0.4) is 0 Å². The van der Waals surface area contributed by atoms with E-state index in [1.54, 1.807) is 7.05 Å². The summed E-state index contributed by atoms with van der Waals surface area (Å²) in [6.45, 7) is 2.19. The smallest absolute Gasteiger partial charge is 0.239 e. The summed E-state index contributed by atoms with van der Waals surface area (Å²) >= 11 is 0. The number of likely N-dealkylation sites (N-methyl/N-ethyl adjacent to an activating group) is 1. The fraction of sp³-hybridized carbons (Fsp3) is 0.833. The molecule has 110 valence electrons. The molecule has 0 bridgehead atoms. The van der Waals surface area contributed by atoms with E-state index < -0.39 is 0 Å². The molecule has 2 N–H and O–H groups in total. The molecule has 1 atom stereocenters. The summed E-state index contributed by atoms with van der Waals surface area (Å²) in [7, 11) is 1.67. The average molecular weight is 292 g/mol. The zero-order valence-corrected chi connectivity index (χ0v) is 12.0. The van der Waals surface area contributed by atoms with Crippen LogP contribution in [0.25, 0.3) is 0 Å². The van der Waals surface area contributed by atoms with Crippen LogP contribution < -0.4 is 10.6 Å².